The molecule has 0 N–H and O–H groups in total. The quantitative estimate of drug-likeness (QED) is 0.549. The third-order valence-corrected chi connectivity index (χ3v) is 4.38. The molecule has 0 atom stereocenters. The molecule has 0 heterocycles. The van der Waals surface area contributed by atoms with Crippen molar-refractivity contribution in [2.45, 2.75) is 13.8 Å². The monoisotopic (exact) mass is 339 g/mol. The van der Waals surface area contributed by atoms with Crippen LogP contribution in [0.25, 0.3) is 22.3 Å². The van der Waals surface area contributed by atoms with Crippen molar-refractivity contribution in [2.75, 3.05) is 7.11 Å². The van der Waals surface area contributed by atoms with Crippen molar-refractivity contribution in [3.05, 3.63) is 76.6 Å². The van der Waals surface area contributed by atoms with E-state index in [1.54, 1.807) is 13.2 Å². The Labute approximate surface area is 146 Å². The molecule has 3 aromatic carbocycles. The smallest absolute Gasteiger partial charge is 0.125 e. The summed E-state index contributed by atoms with van der Waals surface area (Å²) in [4.78, 5) is 0. The predicted octanol–water partition coefficient (Wildman–Crippen LogP) is 6.24. The van der Waals surface area contributed by atoms with Crippen molar-refractivity contribution in [1.29, 1.82) is 0 Å². The van der Waals surface area contributed by atoms with Gasteiger partial charge in [-0.2, -0.15) is 0 Å². The van der Waals surface area contributed by atoms with Crippen LogP contribution in [-0.2, 0) is 0 Å². The van der Waals surface area contributed by atoms with E-state index < -0.39 is 0 Å². The first-order valence-corrected chi connectivity index (χ1v) is 8.01. The summed E-state index contributed by atoms with van der Waals surface area (Å²) in [7, 11) is 1.65. The van der Waals surface area contributed by atoms with E-state index in [-0.39, 0.29) is 5.82 Å². The number of methoxy groups -OCH3 is 1. The molecule has 0 aliphatic rings. The van der Waals surface area contributed by atoms with Gasteiger partial charge in [0.25, 0.3) is 0 Å². The molecular formula is C21H17ClFO. The number of ether oxygens (including phenoxy) is 1. The number of benzene rings is 3. The second-order valence-electron chi connectivity index (χ2n) is 5.68. The van der Waals surface area contributed by atoms with E-state index in [2.05, 4.69) is 6.07 Å². The number of halogens is 2. The van der Waals surface area contributed by atoms with E-state index in [1.165, 1.54) is 12.1 Å². The average Bonchev–Trinajstić information content (AvgIpc) is 2.56. The molecule has 24 heavy (non-hydrogen) atoms. The summed E-state index contributed by atoms with van der Waals surface area (Å²) in [6, 6.07) is 17.6. The lowest BCUT2D eigenvalue weighted by Gasteiger charge is -2.17. The molecule has 0 aliphatic heterocycles. The molecule has 3 rings (SSSR count). The summed E-state index contributed by atoms with van der Waals surface area (Å²) in [5, 5.41) is 0.681. The molecule has 0 fully saturated rings. The van der Waals surface area contributed by atoms with Crippen LogP contribution in [0.15, 0.2) is 48.5 Å². The van der Waals surface area contributed by atoms with Gasteiger partial charge in [-0.1, -0.05) is 35.9 Å². The molecule has 0 aliphatic carbocycles. The minimum atomic E-state index is -0.270. The summed E-state index contributed by atoms with van der Waals surface area (Å²) in [5.41, 5.74) is 5.47. The molecule has 121 valence electrons. The highest BCUT2D eigenvalue weighted by atomic mass is 35.5. The average molecular weight is 340 g/mol. The fourth-order valence-electron chi connectivity index (χ4n) is 2.96. The van der Waals surface area contributed by atoms with E-state index in [0.717, 1.165) is 39.1 Å². The SMILES string of the molecule is COc1c(C)c(-c2ccc(Cl)cc2)[c]c(-c2cccc(F)c2)c1C. The minimum Gasteiger partial charge on any atom is -0.496 e. The lowest BCUT2D eigenvalue weighted by molar-refractivity contribution is 0.409. The van der Waals surface area contributed by atoms with Gasteiger partial charge in [0.1, 0.15) is 11.6 Å². The zero-order valence-corrected chi connectivity index (χ0v) is 14.5. The summed E-state index contributed by atoms with van der Waals surface area (Å²) in [6.45, 7) is 3.97. The van der Waals surface area contributed by atoms with Crippen molar-refractivity contribution in [1.82, 2.24) is 0 Å². The van der Waals surface area contributed by atoms with E-state index in [1.807, 2.05) is 44.2 Å². The van der Waals surface area contributed by atoms with Crippen LogP contribution in [0.2, 0.25) is 5.02 Å². The fraction of sp³-hybridized carbons (Fsp3) is 0.143. The first-order valence-electron chi connectivity index (χ1n) is 7.63. The molecule has 0 aromatic heterocycles. The van der Waals surface area contributed by atoms with Gasteiger partial charge >= 0.3 is 0 Å². The van der Waals surface area contributed by atoms with Gasteiger partial charge in [-0.15, -0.1) is 0 Å². The van der Waals surface area contributed by atoms with Crippen LogP contribution in [-0.4, -0.2) is 7.11 Å². The van der Waals surface area contributed by atoms with Crippen molar-refractivity contribution in [3.8, 4) is 28.0 Å². The van der Waals surface area contributed by atoms with Gasteiger partial charge in [0.2, 0.25) is 0 Å². The molecule has 0 spiro atoms. The molecule has 1 radical (unpaired) electrons. The zero-order chi connectivity index (χ0) is 17.3. The van der Waals surface area contributed by atoms with Gasteiger partial charge in [0, 0.05) is 5.02 Å². The molecule has 0 unspecified atom stereocenters. The van der Waals surface area contributed by atoms with Gasteiger partial charge in [-0.25, -0.2) is 4.39 Å². The highest BCUT2D eigenvalue weighted by molar-refractivity contribution is 6.30. The van der Waals surface area contributed by atoms with E-state index in [9.17, 15) is 4.39 Å². The first-order chi connectivity index (χ1) is 11.5. The fourth-order valence-corrected chi connectivity index (χ4v) is 3.09. The molecule has 0 saturated heterocycles. The molecule has 0 bridgehead atoms. The van der Waals surface area contributed by atoms with Gasteiger partial charge in [-0.05, 0) is 77.6 Å². The largest absolute Gasteiger partial charge is 0.496 e. The van der Waals surface area contributed by atoms with Crippen molar-refractivity contribution < 1.29 is 9.13 Å². The lowest BCUT2D eigenvalue weighted by atomic mass is 9.90. The summed E-state index contributed by atoms with van der Waals surface area (Å²) in [5.74, 6) is 0.519. The second kappa shape index (κ2) is 6.66. The molecule has 0 saturated carbocycles. The van der Waals surface area contributed by atoms with E-state index >= 15 is 0 Å². The maximum atomic E-state index is 13.7. The predicted molar refractivity (Wildman–Crippen MR) is 97.1 cm³/mol. The molecule has 3 heteroatoms. The normalized spacial score (nSPS) is 10.7. The molecular weight excluding hydrogens is 323 g/mol. The number of hydrogen-bond donors (Lipinski definition) is 0. The number of hydrogen-bond acceptors (Lipinski definition) is 1. The van der Waals surface area contributed by atoms with Crippen LogP contribution < -0.4 is 4.74 Å². The third-order valence-electron chi connectivity index (χ3n) is 4.13. The van der Waals surface area contributed by atoms with Gasteiger partial charge in [0.15, 0.2) is 0 Å². The minimum absolute atomic E-state index is 0.270. The molecule has 3 aromatic rings. The summed E-state index contributed by atoms with van der Waals surface area (Å²) < 4.78 is 19.3. The van der Waals surface area contributed by atoms with E-state index in [0.29, 0.717) is 5.02 Å². The first kappa shape index (κ1) is 16.5. The van der Waals surface area contributed by atoms with Gasteiger partial charge in [-0.3, -0.25) is 0 Å². The highest BCUT2D eigenvalue weighted by Gasteiger charge is 2.16. The topological polar surface area (TPSA) is 9.23 Å². The zero-order valence-electron chi connectivity index (χ0n) is 13.8. The summed E-state index contributed by atoms with van der Waals surface area (Å²) in [6.07, 6.45) is 0. The number of rotatable bonds is 3. The molecule has 0 amide bonds. The standard InChI is InChI=1S/C21H17ClFO/c1-13-19(15-7-9-17(22)10-8-15)12-20(14(2)21(13)24-3)16-5-4-6-18(23)11-16/h4-11H,1-3H3. The van der Waals surface area contributed by atoms with Crippen molar-refractivity contribution in [3.63, 3.8) is 0 Å². The Balaban J connectivity index is 2.27. The third kappa shape index (κ3) is 3.02. The maximum absolute atomic E-state index is 13.7. The van der Waals surface area contributed by atoms with Crippen LogP contribution >= 0.6 is 11.6 Å². The lowest BCUT2D eigenvalue weighted by Crippen LogP contribution is -1.97. The Hall–Kier alpha value is -2.32. The van der Waals surface area contributed by atoms with Crippen LogP contribution in [0.1, 0.15) is 11.1 Å². The second-order valence-corrected chi connectivity index (χ2v) is 6.11. The highest BCUT2D eigenvalue weighted by Crippen LogP contribution is 2.39. The van der Waals surface area contributed by atoms with Crippen LogP contribution in [0, 0.1) is 25.7 Å². The van der Waals surface area contributed by atoms with Gasteiger partial charge in [0.05, 0.1) is 7.11 Å². The van der Waals surface area contributed by atoms with Crippen LogP contribution in [0.4, 0.5) is 4.39 Å². The molecule has 1 nitrogen and oxygen atoms in total. The Morgan fingerprint density at radius 3 is 2.12 bits per heavy atom. The maximum Gasteiger partial charge on any atom is 0.125 e. The Morgan fingerprint density at radius 2 is 1.54 bits per heavy atom. The van der Waals surface area contributed by atoms with Gasteiger partial charge < -0.3 is 4.74 Å². The van der Waals surface area contributed by atoms with Crippen LogP contribution in [0.5, 0.6) is 5.75 Å². The Morgan fingerprint density at radius 1 is 0.917 bits per heavy atom. The van der Waals surface area contributed by atoms with E-state index in [4.69, 9.17) is 16.3 Å². The van der Waals surface area contributed by atoms with Crippen LogP contribution in [0.3, 0.4) is 0 Å². The van der Waals surface area contributed by atoms with Crippen molar-refractivity contribution >= 4 is 11.6 Å². The summed E-state index contributed by atoms with van der Waals surface area (Å²) >= 11 is 5.99. The van der Waals surface area contributed by atoms with Crippen molar-refractivity contribution in [2.24, 2.45) is 0 Å². The Bertz CT molecular complexity index is 885. The Kier molecular flexibility index (Phi) is 4.59.